The third kappa shape index (κ3) is 4.61. The first kappa shape index (κ1) is 20.9. The Morgan fingerprint density at radius 2 is 2.21 bits per heavy atom. The van der Waals surface area contributed by atoms with E-state index in [1.165, 1.54) is 28.0 Å². The molecule has 10 heteroatoms. The Bertz CT molecular complexity index is 961. The molecule has 0 N–H and O–H groups in total. The van der Waals surface area contributed by atoms with E-state index in [9.17, 15) is 22.4 Å². The van der Waals surface area contributed by atoms with Crippen molar-refractivity contribution in [1.29, 1.82) is 0 Å². The Labute approximate surface area is 172 Å². The fraction of sp³-hybridized carbons (Fsp3) is 0.389. The minimum Gasteiger partial charge on any atom is -0.337 e. The molecular weight excluding hydrogens is 423 g/mol. The molecule has 2 fully saturated rings. The van der Waals surface area contributed by atoms with Gasteiger partial charge in [0, 0.05) is 12.6 Å². The van der Waals surface area contributed by atoms with Gasteiger partial charge in [0.2, 0.25) is 5.91 Å². The molecule has 0 aliphatic carbocycles. The Morgan fingerprint density at radius 1 is 1.46 bits per heavy atom. The lowest BCUT2D eigenvalue weighted by Crippen LogP contribution is -2.47. The van der Waals surface area contributed by atoms with Gasteiger partial charge in [0.25, 0.3) is 5.91 Å². The van der Waals surface area contributed by atoms with E-state index < -0.39 is 21.6 Å². The molecule has 2 aliphatic heterocycles. The van der Waals surface area contributed by atoms with Crippen molar-refractivity contribution in [2.24, 2.45) is 0 Å². The van der Waals surface area contributed by atoms with Crippen LogP contribution in [0.3, 0.4) is 0 Å². The predicted octanol–water partition coefficient (Wildman–Crippen LogP) is 2.06. The highest BCUT2D eigenvalue weighted by Crippen LogP contribution is 2.32. The number of hydrogen-bond donors (Lipinski definition) is 0. The third-order valence-corrected chi connectivity index (χ3v) is 7.75. The number of rotatable bonds is 5. The van der Waals surface area contributed by atoms with E-state index >= 15 is 0 Å². The number of hydrogen-bond acceptors (Lipinski definition) is 6. The number of carbonyl (C=O) groups is 2. The van der Waals surface area contributed by atoms with E-state index in [4.69, 9.17) is 12.2 Å². The summed E-state index contributed by atoms with van der Waals surface area (Å²) in [4.78, 5) is 28.4. The average molecular weight is 443 g/mol. The lowest BCUT2D eigenvalue weighted by atomic mass is 10.2. The zero-order valence-corrected chi connectivity index (χ0v) is 17.6. The van der Waals surface area contributed by atoms with E-state index in [1.54, 1.807) is 19.1 Å². The second-order valence-electron chi connectivity index (χ2n) is 6.56. The Morgan fingerprint density at radius 3 is 2.82 bits per heavy atom. The Kier molecular flexibility index (Phi) is 6.21. The van der Waals surface area contributed by atoms with Gasteiger partial charge >= 0.3 is 0 Å². The summed E-state index contributed by atoms with van der Waals surface area (Å²) >= 11 is 6.29. The first-order valence-corrected chi connectivity index (χ1v) is 11.8. The molecule has 3 rings (SSSR count). The zero-order valence-electron chi connectivity index (χ0n) is 15.1. The largest absolute Gasteiger partial charge is 0.337 e. The lowest BCUT2D eigenvalue weighted by molar-refractivity contribution is -0.136. The second kappa shape index (κ2) is 8.30. The van der Waals surface area contributed by atoms with Crippen LogP contribution in [-0.2, 0) is 19.4 Å². The molecule has 1 aromatic carbocycles. The number of carbonyl (C=O) groups excluding carboxylic acids is 2. The van der Waals surface area contributed by atoms with Crippen LogP contribution in [0.1, 0.15) is 18.9 Å². The normalized spacial score (nSPS) is 22.9. The molecule has 2 saturated heterocycles. The molecule has 1 atom stereocenters. The van der Waals surface area contributed by atoms with Crippen molar-refractivity contribution in [1.82, 2.24) is 9.80 Å². The van der Waals surface area contributed by atoms with Gasteiger partial charge in [-0.15, -0.1) is 0 Å². The summed E-state index contributed by atoms with van der Waals surface area (Å²) in [6.45, 7) is 1.89. The maximum Gasteiger partial charge on any atom is 0.266 e. The van der Waals surface area contributed by atoms with Crippen molar-refractivity contribution in [2.45, 2.75) is 19.4 Å². The standard InChI is InChI=1S/C18H19FN2O4S3/c1-2-20(14-6-7-28(24,25)11-14)16(22)10-21-17(23)15(27-18(21)26)9-12-4-3-5-13(19)8-12/h3-5,8-9,14H,2,6-7,10-11H2,1H3/b15-9-/t14-/m1/s1. The molecule has 2 heterocycles. The maximum absolute atomic E-state index is 13.3. The van der Waals surface area contributed by atoms with Gasteiger partial charge < -0.3 is 4.90 Å². The van der Waals surface area contributed by atoms with Crippen LogP contribution >= 0.6 is 24.0 Å². The molecule has 0 bridgehead atoms. The van der Waals surface area contributed by atoms with E-state index in [-0.39, 0.29) is 34.3 Å². The van der Waals surface area contributed by atoms with Crippen molar-refractivity contribution in [3.8, 4) is 0 Å². The molecule has 0 unspecified atom stereocenters. The van der Waals surface area contributed by atoms with Gasteiger partial charge in [-0.25, -0.2) is 12.8 Å². The van der Waals surface area contributed by atoms with Crippen molar-refractivity contribution in [3.05, 3.63) is 40.6 Å². The second-order valence-corrected chi connectivity index (χ2v) is 10.5. The summed E-state index contributed by atoms with van der Waals surface area (Å²) in [6, 6.07) is 5.45. The lowest BCUT2D eigenvalue weighted by Gasteiger charge is -2.28. The molecule has 28 heavy (non-hydrogen) atoms. The number of thioether (sulfide) groups is 1. The molecule has 6 nitrogen and oxygen atoms in total. The predicted molar refractivity (Wildman–Crippen MR) is 111 cm³/mol. The highest BCUT2D eigenvalue weighted by atomic mass is 32.2. The van der Waals surface area contributed by atoms with Crippen LogP contribution in [0.5, 0.6) is 0 Å². The molecule has 0 radical (unpaired) electrons. The first-order valence-electron chi connectivity index (χ1n) is 8.71. The number of nitrogens with zero attached hydrogens (tertiary/aromatic N) is 2. The highest BCUT2D eigenvalue weighted by Gasteiger charge is 2.38. The molecule has 0 spiro atoms. The first-order chi connectivity index (χ1) is 13.2. The number of sulfone groups is 1. The fourth-order valence-electron chi connectivity index (χ4n) is 3.27. The monoisotopic (exact) mass is 442 g/mol. The van der Waals surface area contributed by atoms with E-state index in [1.807, 2.05) is 0 Å². The average Bonchev–Trinajstić information content (AvgIpc) is 3.10. The fourth-order valence-corrected chi connectivity index (χ4v) is 6.26. The van der Waals surface area contributed by atoms with E-state index in [0.717, 1.165) is 11.8 Å². The summed E-state index contributed by atoms with van der Waals surface area (Å²) < 4.78 is 37.0. The molecule has 150 valence electrons. The van der Waals surface area contributed by atoms with Crippen LogP contribution in [0, 0.1) is 5.82 Å². The summed E-state index contributed by atoms with van der Waals surface area (Å²) in [5, 5.41) is 0. The van der Waals surface area contributed by atoms with Gasteiger partial charge in [-0.1, -0.05) is 36.1 Å². The van der Waals surface area contributed by atoms with Gasteiger partial charge in [-0.3, -0.25) is 14.5 Å². The number of halogens is 1. The Hall–Kier alpha value is -1.78. The summed E-state index contributed by atoms with van der Waals surface area (Å²) in [5.74, 6) is -1.15. The molecule has 0 aromatic heterocycles. The molecule has 0 saturated carbocycles. The summed E-state index contributed by atoms with van der Waals surface area (Å²) in [6.07, 6.45) is 1.94. The molecule has 1 aromatic rings. The quantitative estimate of drug-likeness (QED) is 0.513. The number of benzene rings is 1. The van der Waals surface area contributed by atoms with Crippen LogP contribution in [0.2, 0.25) is 0 Å². The number of thiocarbonyl (C=S) groups is 1. The van der Waals surface area contributed by atoms with Gasteiger partial charge in [0.15, 0.2) is 9.84 Å². The van der Waals surface area contributed by atoms with Crippen molar-refractivity contribution in [3.63, 3.8) is 0 Å². The van der Waals surface area contributed by atoms with Crippen LogP contribution in [0.15, 0.2) is 29.2 Å². The van der Waals surface area contributed by atoms with E-state index in [2.05, 4.69) is 0 Å². The van der Waals surface area contributed by atoms with Crippen LogP contribution in [-0.4, -0.2) is 65.0 Å². The zero-order chi connectivity index (χ0) is 20.5. The van der Waals surface area contributed by atoms with Gasteiger partial charge in [-0.2, -0.15) is 0 Å². The SMILES string of the molecule is CCN(C(=O)CN1C(=O)/C(=C/c2cccc(F)c2)SC1=S)[C@@H]1CCS(=O)(=O)C1. The van der Waals surface area contributed by atoms with Crippen LogP contribution in [0.25, 0.3) is 6.08 Å². The van der Waals surface area contributed by atoms with Crippen molar-refractivity contribution in [2.75, 3.05) is 24.6 Å². The van der Waals surface area contributed by atoms with Gasteiger partial charge in [0.05, 0.1) is 16.4 Å². The van der Waals surface area contributed by atoms with Crippen LogP contribution < -0.4 is 0 Å². The molecule has 2 amide bonds. The Balaban J connectivity index is 1.72. The van der Waals surface area contributed by atoms with Crippen LogP contribution in [0.4, 0.5) is 4.39 Å². The summed E-state index contributed by atoms with van der Waals surface area (Å²) in [7, 11) is -3.12. The topological polar surface area (TPSA) is 74.8 Å². The molecule has 2 aliphatic rings. The van der Waals surface area contributed by atoms with E-state index in [0.29, 0.717) is 23.4 Å². The third-order valence-electron chi connectivity index (χ3n) is 4.62. The van der Waals surface area contributed by atoms with Crippen molar-refractivity contribution < 1.29 is 22.4 Å². The maximum atomic E-state index is 13.3. The van der Waals surface area contributed by atoms with Gasteiger partial charge in [0.1, 0.15) is 16.7 Å². The number of likely N-dealkylation sites (N-methyl/N-ethyl adjacent to an activating group) is 1. The number of amides is 2. The summed E-state index contributed by atoms with van der Waals surface area (Å²) in [5.41, 5.74) is 0.526. The minimum atomic E-state index is -3.12. The van der Waals surface area contributed by atoms with Gasteiger partial charge in [-0.05, 0) is 37.1 Å². The minimum absolute atomic E-state index is 0.0511. The smallest absolute Gasteiger partial charge is 0.266 e. The molecular formula is C18H19FN2O4S3. The highest BCUT2D eigenvalue weighted by molar-refractivity contribution is 8.26. The van der Waals surface area contributed by atoms with Crippen molar-refractivity contribution >= 4 is 56.0 Å².